The van der Waals surface area contributed by atoms with Gasteiger partial charge in [0.1, 0.15) is 11.5 Å². The van der Waals surface area contributed by atoms with Gasteiger partial charge in [0.15, 0.2) is 5.78 Å². The second-order valence-corrected chi connectivity index (χ2v) is 7.58. The molecule has 0 spiro atoms. The first-order valence-corrected chi connectivity index (χ1v) is 9.81. The number of ether oxygens (including phenoxy) is 2. The number of fused-ring (bicyclic) bond motifs is 2. The second kappa shape index (κ2) is 8.01. The van der Waals surface area contributed by atoms with Crippen LogP contribution < -0.4 is 4.74 Å². The molecule has 1 aromatic rings. The Bertz CT molecular complexity index is 828. The van der Waals surface area contributed by atoms with Gasteiger partial charge in [-0.3, -0.25) is 4.79 Å². The number of hydrogen-bond acceptors (Lipinski definition) is 5. The van der Waals surface area contributed by atoms with E-state index in [-0.39, 0.29) is 22.9 Å². The second-order valence-electron chi connectivity index (χ2n) is 6.39. The summed E-state index contributed by atoms with van der Waals surface area (Å²) >= 11 is 1.11. The Balaban J connectivity index is 2.11. The molecule has 2 unspecified atom stereocenters. The quantitative estimate of drug-likeness (QED) is 0.570. The summed E-state index contributed by atoms with van der Waals surface area (Å²) in [6.45, 7) is 3.67. The Labute approximate surface area is 158 Å². The fraction of sp³-hybridized carbons (Fsp3) is 0.429. The van der Waals surface area contributed by atoms with Gasteiger partial charge in [-0.15, -0.1) is 5.92 Å². The molecule has 4 nitrogen and oxygen atoms in total. The molecule has 5 heteroatoms. The molecule has 136 valence electrons. The Kier molecular flexibility index (Phi) is 5.73. The van der Waals surface area contributed by atoms with E-state index in [1.807, 2.05) is 25.1 Å². The van der Waals surface area contributed by atoms with Crippen LogP contribution in [0.4, 0.5) is 4.79 Å². The van der Waals surface area contributed by atoms with Crippen molar-refractivity contribution in [1.29, 1.82) is 0 Å². The normalized spacial score (nSPS) is 21.3. The monoisotopic (exact) mass is 370 g/mol. The van der Waals surface area contributed by atoms with E-state index in [0.717, 1.165) is 36.6 Å². The highest BCUT2D eigenvalue weighted by Crippen LogP contribution is 2.48. The van der Waals surface area contributed by atoms with Crippen LogP contribution in [0.15, 0.2) is 24.0 Å². The van der Waals surface area contributed by atoms with Gasteiger partial charge in [0.2, 0.25) is 0 Å². The third-order valence-electron chi connectivity index (χ3n) is 4.86. The minimum atomic E-state index is -0.356. The molecule has 0 amide bonds. The number of carbonyl (C=O) groups is 2. The van der Waals surface area contributed by atoms with Crippen LogP contribution in [0.5, 0.6) is 5.75 Å². The minimum Gasteiger partial charge on any atom is -0.496 e. The summed E-state index contributed by atoms with van der Waals surface area (Å²) in [5, 5.41) is -0.356. The SMILES string of the molecule is CC#Cc1ccc(C2=C(OC(=O)SCC)C3CCC(C3)C2=O)c(OC)c1. The van der Waals surface area contributed by atoms with Crippen LogP contribution in [0, 0.1) is 23.7 Å². The molecule has 2 aliphatic rings. The molecule has 0 aliphatic heterocycles. The van der Waals surface area contributed by atoms with Crippen LogP contribution in [0.25, 0.3) is 5.57 Å². The van der Waals surface area contributed by atoms with E-state index in [4.69, 9.17) is 9.47 Å². The van der Waals surface area contributed by atoms with Crippen LogP contribution in [-0.2, 0) is 9.53 Å². The lowest BCUT2D eigenvalue weighted by Gasteiger charge is -2.25. The van der Waals surface area contributed by atoms with Gasteiger partial charge in [0.05, 0.1) is 12.7 Å². The highest BCUT2D eigenvalue weighted by molar-refractivity contribution is 8.13. The number of allylic oxidation sites excluding steroid dienone is 2. The van der Waals surface area contributed by atoms with E-state index in [1.54, 1.807) is 14.0 Å². The molecule has 0 N–H and O–H groups in total. The summed E-state index contributed by atoms with van der Waals surface area (Å²) in [7, 11) is 1.57. The van der Waals surface area contributed by atoms with E-state index in [2.05, 4.69) is 11.8 Å². The van der Waals surface area contributed by atoms with Crippen molar-refractivity contribution in [3.05, 3.63) is 35.1 Å². The first kappa shape index (κ1) is 18.6. The lowest BCUT2D eigenvalue weighted by Crippen LogP contribution is -2.23. The summed E-state index contributed by atoms with van der Waals surface area (Å²) in [5.74, 6) is 7.76. The van der Waals surface area contributed by atoms with Crippen LogP contribution in [0.2, 0.25) is 0 Å². The largest absolute Gasteiger partial charge is 0.496 e. The molecule has 2 atom stereocenters. The standard InChI is InChI=1S/C21H22O4S/c1-4-6-13-7-10-16(17(11-13)24-3)18-19(22)14-8-9-15(12-14)20(18)25-21(23)26-5-2/h7,10-11,14-15H,5,8-9,12H2,1-3H3. The number of thioether (sulfide) groups is 1. The Morgan fingerprint density at radius 3 is 2.77 bits per heavy atom. The fourth-order valence-corrected chi connectivity index (χ4v) is 4.13. The summed E-state index contributed by atoms with van der Waals surface area (Å²) in [6.07, 6.45) is 2.49. The average molecular weight is 370 g/mol. The van der Waals surface area contributed by atoms with Crippen LogP contribution in [0.1, 0.15) is 44.2 Å². The molecule has 1 saturated carbocycles. The highest BCUT2D eigenvalue weighted by atomic mass is 32.2. The molecule has 2 bridgehead atoms. The Morgan fingerprint density at radius 2 is 2.08 bits per heavy atom. The van der Waals surface area contributed by atoms with Gasteiger partial charge in [-0.25, -0.2) is 4.79 Å². The van der Waals surface area contributed by atoms with Crippen molar-refractivity contribution in [3.63, 3.8) is 0 Å². The number of hydrogen-bond donors (Lipinski definition) is 0. The summed E-state index contributed by atoms with van der Waals surface area (Å²) in [6, 6.07) is 5.53. The van der Waals surface area contributed by atoms with Crippen molar-refractivity contribution in [3.8, 4) is 17.6 Å². The van der Waals surface area contributed by atoms with Gasteiger partial charge in [-0.1, -0.05) is 12.8 Å². The zero-order chi connectivity index (χ0) is 18.7. The van der Waals surface area contributed by atoms with E-state index in [9.17, 15) is 9.59 Å². The van der Waals surface area contributed by atoms with E-state index in [1.165, 1.54) is 0 Å². The van der Waals surface area contributed by atoms with Crippen molar-refractivity contribution >= 4 is 28.4 Å². The number of Topliss-reactive ketones (excluding diaryl/α,β-unsaturated/α-hetero) is 1. The molecular weight excluding hydrogens is 348 g/mol. The molecule has 0 aromatic heterocycles. The van der Waals surface area contributed by atoms with Crippen molar-refractivity contribution < 1.29 is 19.1 Å². The Morgan fingerprint density at radius 1 is 1.31 bits per heavy atom. The van der Waals surface area contributed by atoms with E-state index >= 15 is 0 Å². The third kappa shape index (κ3) is 3.52. The molecule has 0 heterocycles. The molecule has 0 saturated heterocycles. The van der Waals surface area contributed by atoms with Crippen LogP contribution >= 0.6 is 11.8 Å². The summed E-state index contributed by atoms with van der Waals surface area (Å²) in [4.78, 5) is 25.2. The van der Waals surface area contributed by atoms with Gasteiger partial charge < -0.3 is 9.47 Å². The molecule has 0 radical (unpaired) electrons. The van der Waals surface area contributed by atoms with E-state index < -0.39 is 0 Å². The summed E-state index contributed by atoms with van der Waals surface area (Å²) < 4.78 is 11.2. The Hall–Kier alpha value is -2.19. The molecular formula is C21H22O4S. The lowest BCUT2D eigenvalue weighted by atomic mass is 9.83. The van der Waals surface area contributed by atoms with Gasteiger partial charge in [-0.05, 0) is 56.1 Å². The first-order chi connectivity index (χ1) is 12.6. The maximum Gasteiger partial charge on any atom is 0.372 e. The van der Waals surface area contributed by atoms with Crippen molar-refractivity contribution in [1.82, 2.24) is 0 Å². The lowest BCUT2D eigenvalue weighted by molar-refractivity contribution is -0.117. The highest BCUT2D eigenvalue weighted by Gasteiger charge is 2.43. The maximum absolute atomic E-state index is 13.1. The van der Waals surface area contributed by atoms with Crippen molar-refractivity contribution in [2.75, 3.05) is 12.9 Å². The molecule has 3 rings (SSSR count). The van der Waals surface area contributed by atoms with Crippen LogP contribution in [-0.4, -0.2) is 23.9 Å². The number of carbonyl (C=O) groups excluding carboxylic acids is 2. The first-order valence-electron chi connectivity index (χ1n) is 8.83. The zero-order valence-electron chi connectivity index (χ0n) is 15.3. The number of ketones is 1. The summed E-state index contributed by atoms with van der Waals surface area (Å²) in [5.41, 5.74) is 2.00. The number of benzene rings is 1. The molecule has 1 aromatic carbocycles. The fourth-order valence-electron chi connectivity index (χ4n) is 3.74. The predicted octanol–water partition coefficient (Wildman–Crippen LogP) is 4.67. The number of rotatable bonds is 4. The molecule has 1 fully saturated rings. The minimum absolute atomic E-state index is 0.0103. The van der Waals surface area contributed by atoms with Gasteiger partial charge >= 0.3 is 5.30 Å². The average Bonchev–Trinajstić information content (AvgIpc) is 3.07. The number of methoxy groups -OCH3 is 1. The predicted molar refractivity (Wildman–Crippen MR) is 103 cm³/mol. The van der Waals surface area contributed by atoms with Crippen molar-refractivity contribution in [2.24, 2.45) is 11.8 Å². The van der Waals surface area contributed by atoms with E-state index in [0.29, 0.717) is 28.4 Å². The van der Waals surface area contributed by atoms with Crippen LogP contribution in [0.3, 0.4) is 0 Å². The van der Waals surface area contributed by atoms with Gasteiger partial charge in [0.25, 0.3) is 0 Å². The topological polar surface area (TPSA) is 52.6 Å². The maximum atomic E-state index is 13.1. The zero-order valence-corrected chi connectivity index (χ0v) is 16.1. The van der Waals surface area contributed by atoms with Gasteiger partial charge in [0, 0.05) is 28.7 Å². The smallest absolute Gasteiger partial charge is 0.372 e. The van der Waals surface area contributed by atoms with Crippen molar-refractivity contribution in [2.45, 2.75) is 33.1 Å². The molecule has 2 aliphatic carbocycles. The third-order valence-corrected chi connectivity index (χ3v) is 5.47. The van der Waals surface area contributed by atoms with Gasteiger partial charge in [-0.2, -0.15) is 0 Å². The molecule has 26 heavy (non-hydrogen) atoms.